The minimum Gasteiger partial charge on any atom is -0.462 e. The van der Waals surface area contributed by atoms with E-state index in [2.05, 4.69) is 0 Å². The van der Waals surface area contributed by atoms with Crippen molar-refractivity contribution >= 4 is 23.1 Å². The van der Waals surface area contributed by atoms with Gasteiger partial charge in [-0.15, -0.1) is 0 Å². The first-order chi connectivity index (χ1) is 10.6. The van der Waals surface area contributed by atoms with Crippen LogP contribution in [-0.4, -0.2) is 28.5 Å². The highest BCUT2D eigenvalue weighted by Crippen LogP contribution is 2.27. The van der Waals surface area contributed by atoms with E-state index in [-0.39, 0.29) is 47.8 Å². The molecule has 2 aromatic heterocycles. The van der Waals surface area contributed by atoms with Gasteiger partial charge in [0.1, 0.15) is 11.3 Å². The first-order valence-electron chi connectivity index (χ1n) is 7.43. The zero-order chi connectivity index (χ0) is 16.3. The van der Waals surface area contributed by atoms with Crippen molar-refractivity contribution in [2.75, 3.05) is 6.61 Å². The highest BCUT2D eigenvalue weighted by molar-refractivity contribution is 6.17. The second-order valence-corrected chi connectivity index (χ2v) is 4.83. The Balaban J connectivity index is 2.89. The minimum absolute atomic E-state index is 0.0896. The zero-order valence-electron chi connectivity index (χ0n) is 13.0. The van der Waals surface area contributed by atoms with Crippen LogP contribution >= 0.6 is 0 Å². The van der Waals surface area contributed by atoms with Gasteiger partial charge >= 0.3 is 5.97 Å². The first kappa shape index (κ1) is 15.9. The third kappa shape index (κ3) is 2.54. The van der Waals surface area contributed by atoms with Gasteiger partial charge in [-0.05, 0) is 19.1 Å². The third-order valence-electron chi connectivity index (χ3n) is 3.51. The number of fused-ring (bicyclic) bond motifs is 1. The molecule has 0 atom stereocenters. The van der Waals surface area contributed by atoms with Crippen LogP contribution in [0.2, 0.25) is 0 Å². The number of hydrogen-bond donors (Lipinski definition) is 0. The molecule has 0 spiro atoms. The molecule has 5 nitrogen and oxygen atoms in total. The smallest absolute Gasteiger partial charge is 0.341 e. The van der Waals surface area contributed by atoms with Gasteiger partial charge in [0.2, 0.25) is 0 Å². The molecular weight excluding hydrogens is 282 g/mol. The van der Waals surface area contributed by atoms with Crippen LogP contribution < -0.4 is 0 Å². The predicted octanol–water partition coefficient (Wildman–Crippen LogP) is 3.30. The number of hydrogen-bond acceptors (Lipinski definition) is 4. The summed E-state index contributed by atoms with van der Waals surface area (Å²) in [6, 6.07) is 5.27. The number of nitrogens with zero attached hydrogens (tertiary/aromatic N) is 1. The molecule has 0 unspecified atom stereocenters. The summed E-state index contributed by atoms with van der Waals surface area (Å²) in [6.45, 7) is 5.33. The standard InChI is InChI=1S/C17H19NO4/c1-4-12(19)14-11-9-7-8-10-18(11)16(13(20)5-2)15(14)17(21)22-6-3/h7-10H,4-6H2,1-3H3. The summed E-state index contributed by atoms with van der Waals surface area (Å²) in [5.74, 6) is -0.999. The van der Waals surface area contributed by atoms with E-state index in [0.29, 0.717) is 5.52 Å². The maximum atomic E-state index is 12.4. The molecule has 0 saturated heterocycles. The quantitative estimate of drug-likeness (QED) is 0.606. The van der Waals surface area contributed by atoms with Crippen LogP contribution in [0.4, 0.5) is 0 Å². The van der Waals surface area contributed by atoms with E-state index in [9.17, 15) is 14.4 Å². The van der Waals surface area contributed by atoms with Gasteiger partial charge in [-0.25, -0.2) is 4.79 Å². The van der Waals surface area contributed by atoms with Crippen LogP contribution in [0, 0.1) is 0 Å². The molecule has 116 valence electrons. The van der Waals surface area contributed by atoms with Crippen LogP contribution in [0.25, 0.3) is 5.52 Å². The highest BCUT2D eigenvalue weighted by Gasteiger charge is 2.30. The highest BCUT2D eigenvalue weighted by atomic mass is 16.5. The Morgan fingerprint density at radius 2 is 1.68 bits per heavy atom. The molecule has 0 bridgehead atoms. The summed E-state index contributed by atoms with van der Waals surface area (Å²) in [5.41, 5.74) is 1.16. The van der Waals surface area contributed by atoms with E-state index in [0.717, 1.165) is 0 Å². The monoisotopic (exact) mass is 301 g/mol. The van der Waals surface area contributed by atoms with Gasteiger partial charge in [0.05, 0.1) is 17.7 Å². The molecule has 22 heavy (non-hydrogen) atoms. The summed E-state index contributed by atoms with van der Waals surface area (Å²) < 4.78 is 6.68. The van der Waals surface area contributed by atoms with Gasteiger partial charge in [0, 0.05) is 19.0 Å². The van der Waals surface area contributed by atoms with Crippen molar-refractivity contribution in [3.05, 3.63) is 41.2 Å². The topological polar surface area (TPSA) is 64.8 Å². The van der Waals surface area contributed by atoms with Gasteiger partial charge < -0.3 is 9.14 Å². The molecule has 5 heteroatoms. The fourth-order valence-corrected chi connectivity index (χ4v) is 2.51. The number of carbonyl (C=O) groups excluding carboxylic acids is 3. The van der Waals surface area contributed by atoms with Crippen molar-refractivity contribution in [1.82, 2.24) is 4.40 Å². The molecule has 0 amide bonds. The maximum Gasteiger partial charge on any atom is 0.341 e. The number of ether oxygens (including phenoxy) is 1. The van der Waals surface area contributed by atoms with Gasteiger partial charge in [0.15, 0.2) is 11.6 Å². The average Bonchev–Trinajstić information content (AvgIpc) is 2.88. The van der Waals surface area contributed by atoms with Crippen LogP contribution in [-0.2, 0) is 4.74 Å². The van der Waals surface area contributed by atoms with Gasteiger partial charge in [-0.1, -0.05) is 19.9 Å². The Labute approximate surface area is 128 Å². The Kier molecular flexibility index (Phi) is 4.75. The number of Topliss-reactive ketones (excluding diaryl/α,β-unsaturated/α-hetero) is 2. The van der Waals surface area contributed by atoms with Crippen LogP contribution in [0.1, 0.15) is 64.8 Å². The first-order valence-corrected chi connectivity index (χ1v) is 7.43. The van der Waals surface area contributed by atoms with Gasteiger partial charge in [-0.3, -0.25) is 9.59 Å². The summed E-state index contributed by atoms with van der Waals surface area (Å²) in [7, 11) is 0. The lowest BCUT2D eigenvalue weighted by Crippen LogP contribution is -2.14. The lowest BCUT2D eigenvalue weighted by molar-refractivity contribution is 0.0520. The molecule has 2 aromatic rings. The summed E-state index contributed by atoms with van der Waals surface area (Å²) >= 11 is 0. The number of aromatic nitrogens is 1. The lowest BCUT2D eigenvalue weighted by atomic mass is 10.0. The van der Waals surface area contributed by atoms with Crippen molar-refractivity contribution in [1.29, 1.82) is 0 Å². The Morgan fingerprint density at radius 1 is 1.00 bits per heavy atom. The number of pyridine rings is 1. The third-order valence-corrected chi connectivity index (χ3v) is 3.51. The molecule has 0 saturated carbocycles. The molecule has 0 aromatic carbocycles. The molecule has 0 aliphatic rings. The van der Waals surface area contributed by atoms with Crippen molar-refractivity contribution in [3.63, 3.8) is 0 Å². The van der Waals surface area contributed by atoms with E-state index < -0.39 is 5.97 Å². The Morgan fingerprint density at radius 3 is 2.27 bits per heavy atom. The van der Waals surface area contributed by atoms with E-state index in [1.54, 1.807) is 49.6 Å². The van der Waals surface area contributed by atoms with E-state index in [4.69, 9.17) is 4.74 Å². The van der Waals surface area contributed by atoms with Crippen LogP contribution in [0.15, 0.2) is 24.4 Å². The van der Waals surface area contributed by atoms with E-state index in [1.807, 2.05) is 0 Å². The normalized spacial score (nSPS) is 10.7. The SMILES string of the molecule is CCOC(=O)c1c(C(=O)CC)c2ccccn2c1C(=O)CC. The van der Waals surface area contributed by atoms with Crippen molar-refractivity contribution in [2.24, 2.45) is 0 Å². The summed E-state index contributed by atoms with van der Waals surface area (Å²) in [6.07, 6.45) is 2.18. The molecule has 2 heterocycles. The van der Waals surface area contributed by atoms with Gasteiger partial charge in [-0.2, -0.15) is 0 Å². The second kappa shape index (κ2) is 6.56. The molecular formula is C17H19NO4. The maximum absolute atomic E-state index is 12.4. The number of esters is 1. The molecule has 0 radical (unpaired) electrons. The van der Waals surface area contributed by atoms with Crippen LogP contribution in [0.3, 0.4) is 0 Å². The molecule has 0 N–H and O–H groups in total. The zero-order valence-corrected chi connectivity index (χ0v) is 13.0. The molecule has 0 fully saturated rings. The van der Waals surface area contributed by atoms with Crippen molar-refractivity contribution in [2.45, 2.75) is 33.6 Å². The Hall–Kier alpha value is -2.43. The number of ketones is 2. The molecule has 0 aliphatic carbocycles. The minimum atomic E-state index is -0.625. The number of rotatable bonds is 6. The number of carbonyl (C=O) groups is 3. The van der Waals surface area contributed by atoms with Crippen LogP contribution in [0.5, 0.6) is 0 Å². The van der Waals surface area contributed by atoms with E-state index in [1.165, 1.54) is 0 Å². The van der Waals surface area contributed by atoms with Gasteiger partial charge in [0.25, 0.3) is 0 Å². The summed E-state index contributed by atoms with van der Waals surface area (Å²) in [4.78, 5) is 37.0. The summed E-state index contributed by atoms with van der Waals surface area (Å²) in [5, 5.41) is 0. The van der Waals surface area contributed by atoms with Crippen molar-refractivity contribution in [3.8, 4) is 0 Å². The molecule has 0 aliphatic heterocycles. The average molecular weight is 301 g/mol. The fourth-order valence-electron chi connectivity index (χ4n) is 2.51. The fraction of sp³-hybridized carbons (Fsp3) is 0.353. The Bertz CT molecular complexity index is 689. The lowest BCUT2D eigenvalue weighted by Gasteiger charge is -2.05. The van der Waals surface area contributed by atoms with E-state index >= 15 is 0 Å². The largest absolute Gasteiger partial charge is 0.462 e. The second-order valence-electron chi connectivity index (χ2n) is 4.83. The van der Waals surface area contributed by atoms with Crippen molar-refractivity contribution < 1.29 is 19.1 Å². The predicted molar refractivity (Wildman–Crippen MR) is 82.6 cm³/mol. The molecule has 2 rings (SSSR count).